The van der Waals surface area contributed by atoms with Crippen LogP contribution in [0.5, 0.6) is 0 Å². The van der Waals surface area contributed by atoms with Crippen molar-refractivity contribution in [2.45, 2.75) is 18.2 Å². The SMILES string of the molecule is O=C(CSc1nc2c(oc3ccccc32)c(=O)n1Cc1cccs1)NCc1ccccc1. The van der Waals surface area contributed by atoms with Gasteiger partial charge in [-0.25, -0.2) is 4.98 Å². The number of furan rings is 1. The van der Waals surface area contributed by atoms with Gasteiger partial charge in [-0.05, 0) is 29.1 Å². The van der Waals surface area contributed by atoms with E-state index >= 15 is 0 Å². The molecule has 0 spiro atoms. The molecule has 1 N–H and O–H groups in total. The third kappa shape index (κ3) is 4.19. The molecule has 2 aromatic carbocycles. The van der Waals surface area contributed by atoms with Crippen LogP contribution in [-0.2, 0) is 17.9 Å². The minimum absolute atomic E-state index is 0.118. The zero-order chi connectivity index (χ0) is 21.9. The topological polar surface area (TPSA) is 77.1 Å². The molecule has 0 saturated carbocycles. The van der Waals surface area contributed by atoms with Gasteiger partial charge < -0.3 is 9.73 Å². The van der Waals surface area contributed by atoms with Crippen LogP contribution in [0.2, 0.25) is 0 Å². The van der Waals surface area contributed by atoms with Gasteiger partial charge in [0, 0.05) is 16.8 Å². The van der Waals surface area contributed by atoms with Crippen LogP contribution < -0.4 is 10.9 Å². The summed E-state index contributed by atoms with van der Waals surface area (Å²) in [5, 5.41) is 6.18. The highest BCUT2D eigenvalue weighted by atomic mass is 32.2. The molecule has 0 atom stereocenters. The zero-order valence-corrected chi connectivity index (χ0v) is 18.6. The minimum Gasteiger partial charge on any atom is -0.448 e. The minimum atomic E-state index is -0.244. The first-order valence-electron chi connectivity index (χ1n) is 10.1. The summed E-state index contributed by atoms with van der Waals surface area (Å²) < 4.78 is 7.42. The number of nitrogens with one attached hydrogen (secondary N) is 1. The molecular formula is C24H19N3O3S2. The van der Waals surface area contributed by atoms with Crippen molar-refractivity contribution in [2.75, 3.05) is 5.75 Å². The van der Waals surface area contributed by atoms with Crippen molar-refractivity contribution in [3.63, 3.8) is 0 Å². The van der Waals surface area contributed by atoms with Crippen molar-refractivity contribution in [3.05, 3.63) is 92.9 Å². The fraction of sp³-hybridized carbons (Fsp3) is 0.125. The van der Waals surface area contributed by atoms with Gasteiger partial charge >= 0.3 is 0 Å². The van der Waals surface area contributed by atoms with Crippen LogP contribution in [0.25, 0.3) is 22.1 Å². The van der Waals surface area contributed by atoms with Crippen LogP contribution in [-0.4, -0.2) is 21.2 Å². The number of fused-ring (bicyclic) bond motifs is 3. The van der Waals surface area contributed by atoms with E-state index in [4.69, 9.17) is 9.40 Å². The van der Waals surface area contributed by atoms with E-state index in [1.807, 2.05) is 72.1 Å². The van der Waals surface area contributed by atoms with E-state index in [1.165, 1.54) is 11.8 Å². The largest absolute Gasteiger partial charge is 0.448 e. The molecule has 0 aliphatic rings. The second-order valence-corrected chi connectivity index (χ2v) is 9.17. The normalized spacial score (nSPS) is 11.2. The molecule has 8 heteroatoms. The Morgan fingerprint density at radius 1 is 1.06 bits per heavy atom. The molecule has 0 aliphatic heterocycles. The standard InChI is InChI=1S/C24H19N3O3S2/c28-20(25-13-16-7-2-1-3-8-16)15-32-24-26-21-18-10-4-5-11-19(18)30-22(21)23(29)27(24)14-17-9-6-12-31-17/h1-12H,13-15H2,(H,25,28). The highest BCUT2D eigenvalue weighted by Crippen LogP contribution is 2.27. The number of para-hydroxylation sites is 1. The quantitative estimate of drug-likeness (QED) is 0.282. The van der Waals surface area contributed by atoms with Gasteiger partial charge in [0.15, 0.2) is 5.16 Å². The first-order valence-corrected chi connectivity index (χ1v) is 11.9. The molecular weight excluding hydrogens is 442 g/mol. The molecule has 160 valence electrons. The Morgan fingerprint density at radius 2 is 1.88 bits per heavy atom. The summed E-state index contributed by atoms with van der Waals surface area (Å²) >= 11 is 2.82. The van der Waals surface area contributed by atoms with Crippen molar-refractivity contribution in [1.82, 2.24) is 14.9 Å². The smallest absolute Gasteiger partial charge is 0.298 e. The molecule has 0 fully saturated rings. The number of rotatable bonds is 7. The van der Waals surface area contributed by atoms with E-state index in [2.05, 4.69) is 5.32 Å². The Bertz CT molecular complexity index is 1440. The Balaban J connectivity index is 1.45. The molecule has 3 aromatic heterocycles. The molecule has 0 unspecified atom stereocenters. The Hall–Kier alpha value is -3.36. The highest BCUT2D eigenvalue weighted by molar-refractivity contribution is 7.99. The maximum Gasteiger partial charge on any atom is 0.298 e. The van der Waals surface area contributed by atoms with E-state index in [1.54, 1.807) is 15.9 Å². The first kappa shape index (κ1) is 20.5. The van der Waals surface area contributed by atoms with Crippen molar-refractivity contribution >= 4 is 51.1 Å². The number of thiophene rings is 1. The predicted octanol–water partition coefficient (Wildman–Crippen LogP) is 4.66. The third-order valence-electron chi connectivity index (χ3n) is 5.01. The van der Waals surface area contributed by atoms with E-state index < -0.39 is 0 Å². The first-order chi connectivity index (χ1) is 15.7. The molecule has 6 nitrogen and oxygen atoms in total. The fourth-order valence-electron chi connectivity index (χ4n) is 3.44. The van der Waals surface area contributed by atoms with Gasteiger partial charge in [0.25, 0.3) is 5.56 Å². The van der Waals surface area contributed by atoms with Gasteiger partial charge in [0.2, 0.25) is 11.5 Å². The summed E-state index contributed by atoms with van der Waals surface area (Å²) in [6.07, 6.45) is 0. The lowest BCUT2D eigenvalue weighted by atomic mass is 10.2. The molecule has 0 bridgehead atoms. The van der Waals surface area contributed by atoms with Crippen molar-refractivity contribution in [1.29, 1.82) is 0 Å². The maximum absolute atomic E-state index is 13.3. The summed E-state index contributed by atoms with van der Waals surface area (Å²) in [7, 11) is 0. The maximum atomic E-state index is 13.3. The third-order valence-corrected chi connectivity index (χ3v) is 6.84. The summed E-state index contributed by atoms with van der Waals surface area (Å²) in [5.74, 6) is 0.0401. The lowest BCUT2D eigenvalue weighted by Gasteiger charge is -2.11. The molecule has 0 saturated heterocycles. The number of aromatic nitrogens is 2. The van der Waals surface area contributed by atoms with Gasteiger partial charge in [0.1, 0.15) is 11.1 Å². The lowest BCUT2D eigenvalue weighted by Crippen LogP contribution is -2.26. The highest BCUT2D eigenvalue weighted by Gasteiger charge is 2.19. The second-order valence-electron chi connectivity index (χ2n) is 7.19. The number of thioether (sulfide) groups is 1. The van der Waals surface area contributed by atoms with Crippen LogP contribution in [0, 0.1) is 0 Å². The second kappa shape index (κ2) is 9.02. The zero-order valence-electron chi connectivity index (χ0n) is 17.0. The van der Waals surface area contributed by atoms with Crippen LogP contribution in [0.3, 0.4) is 0 Å². The Morgan fingerprint density at radius 3 is 2.69 bits per heavy atom. The van der Waals surface area contributed by atoms with Crippen LogP contribution in [0.15, 0.2) is 86.5 Å². The molecule has 1 amide bonds. The van der Waals surface area contributed by atoms with Gasteiger partial charge in [-0.15, -0.1) is 11.3 Å². The molecule has 5 rings (SSSR count). The number of amides is 1. The van der Waals surface area contributed by atoms with Crippen molar-refractivity contribution in [2.24, 2.45) is 0 Å². The Labute approximate surface area is 191 Å². The van der Waals surface area contributed by atoms with E-state index in [-0.39, 0.29) is 22.8 Å². The van der Waals surface area contributed by atoms with Crippen molar-refractivity contribution in [3.8, 4) is 0 Å². The lowest BCUT2D eigenvalue weighted by molar-refractivity contribution is -0.118. The van der Waals surface area contributed by atoms with Gasteiger partial charge in [-0.2, -0.15) is 0 Å². The molecule has 5 aromatic rings. The molecule has 0 radical (unpaired) electrons. The monoisotopic (exact) mass is 461 g/mol. The predicted molar refractivity (Wildman–Crippen MR) is 128 cm³/mol. The van der Waals surface area contributed by atoms with E-state index in [9.17, 15) is 9.59 Å². The average molecular weight is 462 g/mol. The summed E-state index contributed by atoms with van der Waals surface area (Å²) in [6, 6.07) is 21.1. The Kier molecular flexibility index (Phi) is 5.79. The molecule has 0 aliphatic carbocycles. The van der Waals surface area contributed by atoms with Gasteiger partial charge in [0.05, 0.1) is 12.3 Å². The fourth-order valence-corrected chi connectivity index (χ4v) is 4.95. The summed E-state index contributed by atoms with van der Waals surface area (Å²) in [5.41, 5.74) is 2.18. The van der Waals surface area contributed by atoms with Crippen LogP contribution in [0.1, 0.15) is 10.4 Å². The van der Waals surface area contributed by atoms with E-state index in [0.29, 0.717) is 29.3 Å². The number of hydrogen-bond acceptors (Lipinski definition) is 6. The number of hydrogen-bond donors (Lipinski definition) is 1. The molecule has 3 heterocycles. The van der Waals surface area contributed by atoms with Gasteiger partial charge in [-0.1, -0.05) is 60.3 Å². The van der Waals surface area contributed by atoms with Crippen molar-refractivity contribution < 1.29 is 9.21 Å². The van der Waals surface area contributed by atoms with Gasteiger partial charge in [-0.3, -0.25) is 14.2 Å². The summed E-state index contributed by atoms with van der Waals surface area (Å²) in [4.78, 5) is 31.6. The van der Waals surface area contributed by atoms with Crippen LogP contribution in [0.4, 0.5) is 0 Å². The van der Waals surface area contributed by atoms with E-state index in [0.717, 1.165) is 15.8 Å². The summed E-state index contributed by atoms with van der Waals surface area (Å²) in [6.45, 7) is 0.839. The number of carbonyl (C=O) groups excluding carboxylic acids is 1. The number of benzene rings is 2. The number of carbonyl (C=O) groups is 1. The number of nitrogens with zero attached hydrogens (tertiary/aromatic N) is 2. The average Bonchev–Trinajstić information content (AvgIpc) is 3.47. The molecule has 32 heavy (non-hydrogen) atoms. The van der Waals surface area contributed by atoms with Crippen LogP contribution >= 0.6 is 23.1 Å².